The molecule has 88 valence electrons. The van der Waals surface area contributed by atoms with Crippen LogP contribution in [0.15, 0.2) is 16.9 Å². The molecule has 1 aromatic rings. The van der Waals surface area contributed by atoms with Crippen LogP contribution in [0.3, 0.4) is 0 Å². The summed E-state index contributed by atoms with van der Waals surface area (Å²) < 4.78 is 6.42. The van der Waals surface area contributed by atoms with Gasteiger partial charge >= 0.3 is 0 Å². The van der Waals surface area contributed by atoms with E-state index >= 15 is 0 Å². The summed E-state index contributed by atoms with van der Waals surface area (Å²) in [6.45, 7) is 2.82. The van der Waals surface area contributed by atoms with Crippen molar-refractivity contribution in [2.24, 2.45) is 0 Å². The lowest BCUT2D eigenvalue weighted by Crippen LogP contribution is -2.41. The first-order valence-electron chi connectivity index (χ1n) is 5.47. The number of halogens is 1. The smallest absolute Gasteiger partial charge is 0.0752 e. The van der Waals surface area contributed by atoms with Crippen LogP contribution in [0.5, 0.6) is 0 Å². The van der Waals surface area contributed by atoms with Crippen molar-refractivity contribution in [1.29, 1.82) is 0 Å². The van der Waals surface area contributed by atoms with E-state index in [1.54, 1.807) is 12.4 Å². The van der Waals surface area contributed by atoms with E-state index in [0.29, 0.717) is 17.8 Å². The van der Waals surface area contributed by atoms with Crippen molar-refractivity contribution in [3.8, 4) is 0 Å². The van der Waals surface area contributed by atoms with Gasteiger partial charge in [0.15, 0.2) is 0 Å². The van der Waals surface area contributed by atoms with Crippen LogP contribution in [-0.4, -0.2) is 23.7 Å². The number of nitrogens with two attached hydrogens (primary N) is 1. The molecule has 4 nitrogen and oxygen atoms in total. The van der Waals surface area contributed by atoms with Gasteiger partial charge in [0.1, 0.15) is 0 Å². The molecule has 0 atom stereocenters. The molecule has 1 aromatic heterocycles. The van der Waals surface area contributed by atoms with Crippen molar-refractivity contribution >= 4 is 27.3 Å². The van der Waals surface area contributed by atoms with E-state index in [-0.39, 0.29) is 0 Å². The highest BCUT2D eigenvalue weighted by molar-refractivity contribution is 9.10. The van der Waals surface area contributed by atoms with Gasteiger partial charge in [-0.1, -0.05) is 0 Å². The fourth-order valence-corrected chi connectivity index (χ4v) is 2.32. The molecular formula is C11H16BrN3O. The van der Waals surface area contributed by atoms with Gasteiger partial charge in [0, 0.05) is 18.8 Å². The third-order valence-corrected chi connectivity index (χ3v) is 3.38. The fourth-order valence-electron chi connectivity index (χ4n) is 1.86. The van der Waals surface area contributed by atoms with Crippen LogP contribution in [0.4, 0.5) is 11.4 Å². The molecule has 0 aliphatic heterocycles. The number of nitrogens with zero attached hydrogens (tertiary/aromatic N) is 1. The SMILES string of the molecule is CCOC1CC(Nc2c(N)cncc2Br)C1. The summed E-state index contributed by atoms with van der Waals surface area (Å²) in [7, 11) is 0. The molecule has 1 saturated carbocycles. The Morgan fingerprint density at radius 2 is 2.31 bits per heavy atom. The third-order valence-electron chi connectivity index (χ3n) is 2.77. The zero-order valence-electron chi connectivity index (χ0n) is 9.24. The van der Waals surface area contributed by atoms with Gasteiger partial charge < -0.3 is 15.8 Å². The Morgan fingerprint density at radius 3 is 2.94 bits per heavy atom. The zero-order valence-corrected chi connectivity index (χ0v) is 10.8. The van der Waals surface area contributed by atoms with E-state index in [1.807, 2.05) is 6.92 Å². The predicted octanol–water partition coefficient (Wildman–Crippen LogP) is 2.41. The quantitative estimate of drug-likeness (QED) is 0.892. The summed E-state index contributed by atoms with van der Waals surface area (Å²) in [4.78, 5) is 4.00. The Hall–Kier alpha value is -0.810. The van der Waals surface area contributed by atoms with Crippen molar-refractivity contribution in [2.45, 2.75) is 31.9 Å². The van der Waals surface area contributed by atoms with Crippen LogP contribution < -0.4 is 11.1 Å². The second-order valence-corrected chi connectivity index (χ2v) is 4.83. The zero-order chi connectivity index (χ0) is 11.5. The highest BCUT2D eigenvalue weighted by Gasteiger charge is 2.30. The number of hydrogen-bond acceptors (Lipinski definition) is 4. The summed E-state index contributed by atoms with van der Waals surface area (Å²) >= 11 is 3.44. The molecule has 1 fully saturated rings. The summed E-state index contributed by atoms with van der Waals surface area (Å²) in [6.07, 6.45) is 5.90. The molecule has 3 N–H and O–H groups in total. The highest BCUT2D eigenvalue weighted by atomic mass is 79.9. The lowest BCUT2D eigenvalue weighted by Gasteiger charge is -2.36. The molecule has 1 aliphatic carbocycles. The first-order chi connectivity index (χ1) is 7.70. The molecule has 2 rings (SSSR count). The number of aromatic nitrogens is 1. The molecule has 0 spiro atoms. The Kier molecular flexibility index (Phi) is 3.66. The van der Waals surface area contributed by atoms with Gasteiger partial charge in [-0.25, -0.2) is 0 Å². The highest BCUT2D eigenvalue weighted by Crippen LogP contribution is 2.32. The topological polar surface area (TPSA) is 60.2 Å². The minimum atomic E-state index is 0.407. The Labute approximate surface area is 104 Å². The molecule has 16 heavy (non-hydrogen) atoms. The first kappa shape index (κ1) is 11.7. The first-order valence-corrected chi connectivity index (χ1v) is 6.27. The monoisotopic (exact) mass is 285 g/mol. The van der Waals surface area contributed by atoms with Gasteiger partial charge in [-0.3, -0.25) is 4.98 Å². The molecule has 1 heterocycles. The average molecular weight is 286 g/mol. The summed E-state index contributed by atoms with van der Waals surface area (Å²) in [6, 6.07) is 0.456. The van der Waals surface area contributed by atoms with E-state index in [0.717, 1.165) is 29.6 Å². The Morgan fingerprint density at radius 1 is 1.56 bits per heavy atom. The maximum Gasteiger partial charge on any atom is 0.0752 e. The standard InChI is InChI=1S/C11H16BrN3O/c1-2-16-8-3-7(4-8)15-11-9(12)5-14-6-10(11)13/h5-8H,2-4,13H2,1H3,(H,14,15). The van der Waals surface area contributed by atoms with E-state index in [4.69, 9.17) is 10.5 Å². The van der Waals surface area contributed by atoms with Gasteiger partial charge in [0.25, 0.3) is 0 Å². The number of rotatable bonds is 4. The summed E-state index contributed by atoms with van der Waals surface area (Å²) in [5, 5.41) is 3.41. The van der Waals surface area contributed by atoms with Gasteiger partial charge in [0.05, 0.1) is 28.1 Å². The molecule has 0 aromatic carbocycles. The molecule has 0 bridgehead atoms. The normalized spacial score (nSPS) is 23.9. The van der Waals surface area contributed by atoms with Gasteiger partial charge in [-0.15, -0.1) is 0 Å². The molecule has 0 unspecified atom stereocenters. The number of ether oxygens (including phenoxy) is 1. The van der Waals surface area contributed by atoms with E-state index < -0.39 is 0 Å². The maximum atomic E-state index is 5.86. The van der Waals surface area contributed by atoms with E-state index in [1.165, 1.54) is 0 Å². The number of nitrogens with one attached hydrogen (secondary N) is 1. The second kappa shape index (κ2) is 5.01. The largest absolute Gasteiger partial charge is 0.396 e. The van der Waals surface area contributed by atoms with E-state index in [2.05, 4.69) is 26.2 Å². The van der Waals surface area contributed by atoms with Crippen LogP contribution in [-0.2, 0) is 4.74 Å². The van der Waals surface area contributed by atoms with Crippen LogP contribution >= 0.6 is 15.9 Å². The fraction of sp³-hybridized carbons (Fsp3) is 0.545. The molecule has 0 saturated heterocycles. The minimum absolute atomic E-state index is 0.407. The predicted molar refractivity (Wildman–Crippen MR) is 68.4 cm³/mol. The van der Waals surface area contributed by atoms with Crippen molar-refractivity contribution < 1.29 is 4.74 Å². The van der Waals surface area contributed by atoms with Crippen molar-refractivity contribution in [1.82, 2.24) is 4.98 Å². The van der Waals surface area contributed by atoms with Crippen molar-refractivity contribution in [2.75, 3.05) is 17.7 Å². The second-order valence-electron chi connectivity index (χ2n) is 3.98. The number of nitrogen functional groups attached to an aromatic ring is 1. The molecule has 1 aliphatic rings. The Balaban J connectivity index is 1.91. The number of pyridine rings is 1. The van der Waals surface area contributed by atoms with Crippen molar-refractivity contribution in [3.63, 3.8) is 0 Å². The molecule has 5 heteroatoms. The number of anilines is 2. The van der Waals surface area contributed by atoms with Gasteiger partial charge in [-0.2, -0.15) is 0 Å². The molecule has 0 radical (unpaired) electrons. The minimum Gasteiger partial charge on any atom is -0.396 e. The van der Waals surface area contributed by atoms with Gasteiger partial charge in [-0.05, 0) is 35.7 Å². The van der Waals surface area contributed by atoms with Crippen LogP contribution in [0.2, 0.25) is 0 Å². The summed E-state index contributed by atoms with van der Waals surface area (Å²) in [5.74, 6) is 0. The van der Waals surface area contributed by atoms with Crippen LogP contribution in [0, 0.1) is 0 Å². The average Bonchev–Trinajstić information content (AvgIpc) is 2.19. The maximum absolute atomic E-state index is 5.86. The molecular weight excluding hydrogens is 270 g/mol. The lowest BCUT2D eigenvalue weighted by molar-refractivity contribution is 0.00299. The van der Waals surface area contributed by atoms with Crippen LogP contribution in [0.25, 0.3) is 0 Å². The van der Waals surface area contributed by atoms with Crippen molar-refractivity contribution in [3.05, 3.63) is 16.9 Å². The van der Waals surface area contributed by atoms with Crippen LogP contribution in [0.1, 0.15) is 19.8 Å². The van der Waals surface area contributed by atoms with Gasteiger partial charge in [0.2, 0.25) is 0 Å². The van der Waals surface area contributed by atoms with E-state index in [9.17, 15) is 0 Å². The lowest BCUT2D eigenvalue weighted by atomic mass is 9.89. The molecule has 0 amide bonds. The third kappa shape index (κ3) is 2.47. The number of hydrogen-bond donors (Lipinski definition) is 2. The Bertz CT molecular complexity index is 346. The summed E-state index contributed by atoms with van der Waals surface area (Å²) in [5.41, 5.74) is 7.47.